The van der Waals surface area contributed by atoms with E-state index in [2.05, 4.69) is 10.3 Å². The molecule has 2 N–H and O–H groups in total. The first-order valence-electron chi connectivity index (χ1n) is 5.33. The van der Waals surface area contributed by atoms with E-state index in [0.717, 1.165) is 11.4 Å². The van der Waals surface area contributed by atoms with E-state index in [1.54, 1.807) is 18.3 Å². The highest BCUT2D eigenvalue weighted by atomic mass is 35.5. The van der Waals surface area contributed by atoms with Crippen molar-refractivity contribution in [3.63, 3.8) is 0 Å². The minimum absolute atomic E-state index is 0.00178. The van der Waals surface area contributed by atoms with Crippen LogP contribution in [0.15, 0.2) is 48.7 Å². The van der Waals surface area contributed by atoms with Crippen LogP contribution in [0.5, 0.6) is 0 Å². The second kappa shape index (κ2) is 5.66. The topological polar surface area (TPSA) is 45.1 Å². The zero-order valence-corrected chi connectivity index (χ0v) is 9.93. The van der Waals surface area contributed by atoms with Crippen LogP contribution in [0.1, 0.15) is 11.6 Å². The first-order chi connectivity index (χ1) is 8.29. The monoisotopic (exact) mass is 248 g/mol. The Labute approximate surface area is 105 Å². The molecule has 1 aromatic heterocycles. The summed E-state index contributed by atoms with van der Waals surface area (Å²) in [6.45, 7) is -0.00178. The number of hydrogen-bond donors (Lipinski definition) is 2. The molecule has 4 heteroatoms. The van der Waals surface area contributed by atoms with Crippen molar-refractivity contribution in [3.8, 4) is 0 Å². The number of nitrogens with zero attached hydrogens (tertiary/aromatic N) is 1. The molecule has 0 amide bonds. The van der Waals surface area contributed by atoms with Crippen LogP contribution >= 0.6 is 11.6 Å². The average Bonchev–Trinajstić information content (AvgIpc) is 2.38. The van der Waals surface area contributed by atoms with Gasteiger partial charge in [0.05, 0.1) is 12.6 Å². The van der Waals surface area contributed by atoms with Crippen molar-refractivity contribution in [2.24, 2.45) is 0 Å². The zero-order chi connectivity index (χ0) is 12.1. The average molecular weight is 249 g/mol. The molecule has 2 rings (SSSR count). The van der Waals surface area contributed by atoms with E-state index >= 15 is 0 Å². The molecule has 1 heterocycles. The Hall–Kier alpha value is -1.58. The Balaban J connectivity index is 2.14. The number of halogens is 1. The van der Waals surface area contributed by atoms with Crippen LogP contribution in [-0.4, -0.2) is 16.7 Å². The van der Waals surface area contributed by atoms with Crippen LogP contribution < -0.4 is 5.32 Å². The molecule has 3 nitrogen and oxygen atoms in total. The highest BCUT2D eigenvalue weighted by molar-refractivity contribution is 6.30. The fraction of sp³-hybridized carbons (Fsp3) is 0.154. The van der Waals surface area contributed by atoms with E-state index in [1.165, 1.54) is 0 Å². The normalized spacial score (nSPS) is 12.1. The first kappa shape index (κ1) is 11.9. The van der Waals surface area contributed by atoms with Crippen molar-refractivity contribution in [2.45, 2.75) is 6.04 Å². The van der Waals surface area contributed by atoms with Crippen molar-refractivity contribution < 1.29 is 5.11 Å². The predicted octanol–water partition coefficient (Wildman–Crippen LogP) is 2.88. The highest BCUT2D eigenvalue weighted by Gasteiger charge is 2.10. The Morgan fingerprint density at radius 3 is 2.53 bits per heavy atom. The molecule has 0 saturated carbocycles. The van der Waals surface area contributed by atoms with Gasteiger partial charge in [-0.3, -0.25) is 0 Å². The fourth-order valence-corrected chi connectivity index (χ4v) is 1.68. The van der Waals surface area contributed by atoms with Crippen LogP contribution in [0, 0.1) is 0 Å². The fourth-order valence-electron chi connectivity index (χ4n) is 1.56. The van der Waals surface area contributed by atoms with Crippen molar-refractivity contribution in [2.75, 3.05) is 11.9 Å². The van der Waals surface area contributed by atoms with Crippen molar-refractivity contribution >= 4 is 17.4 Å². The number of rotatable bonds is 4. The number of aromatic nitrogens is 1. The van der Waals surface area contributed by atoms with Gasteiger partial charge in [-0.05, 0) is 29.8 Å². The van der Waals surface area contributed by atoms with Crippen LogP contribution in [0.25, 0.3) is 0 Å². The van der Waals surface area contributed by atoms with Gasteiger partial charge in [0.15, 0.2) is 0 Å². The molecule has 0 saturated heterocycles. The summed E-state index contributed by atoms with van der Waals surface area (Å²) >= 11 is 5.82. The molecule has 2 aromatic rings. The summed E-state index contributed by atoms with van der Waals surface area (Å²) in [6.07, 6.45) is 1.71. The minimum Gasteiger partial charge on any atom is -0.394 e. The van der Waals surface area contributed by atoms with Crippen LogP contribution in [0.4, 0.5) is 5.82 Å². The molecular formula is C13H13ClN2O. The molecule has 1 atom stereocenters. The molecule has 1 unspecified atom stereocenters. The van der Waals surface area contributed by atoms with Crippen LogP contribution in [0.3, 0.4) is 0 Å². The van der Waals surface area contributed by atoms with Gasteiger partial charge in [0.1, 0.15) is 5.82 Å². The second-order valence-electron chi connectivity index (χ2n) is 3.65. The summed E-state index contributed by atoms with van der Waals surface area (Å²) in [5, 5.41) is 13.2. The summed E-state index contributed by atoms with van der Waals surface area (Å²) in [4.78, 5) is 4.16. The Kier molecular flexibility index (Phi) is 3.96. The number of hydrogen-bond acceptors (Lipinski definition) is 3. The van der Waals surface area contributed by atoms with Gasteiger partial charge in [0.25, 0.3) is 0 Å². The van der Waals surface area contributed by atoms with Gasteiger partial charge in [-0.2, -0.15) is 0 Å². The smallest absolute Gasteiger partial charge is 0.126 e. The van der Waals surface area contributed by atoms with Crippen molar-refractivity contribution in [3.05, 3.63) is 59.2 Å². The van der Waals surface area contributed by atoms with Crippen LogP contribution in [-0.2, 0) is 0 Å². The maximum absolute atomic E-state index is 9.39. The Morgan fingerprint density at radius 1 is 1.18 bits per heavy atom. The zero-order valence-electron chi connectivity index (χ0n) is 9.18. The number of benzene rings is 1. The molecule has 0 aliphatic heterocycles. The van der Waals surface area contributed by atoms with Gasteiger partial charge in [-0.15, -0.1) is 0 Å². The van der Waals surface area contributed by atoms with E-state index in [0.29, 0.717) is 5.02 Å². The van der Waals surface area contributed by atoms with E-state index in [9.17, 15) is 5.11 Å². The number of pyridine rings is 1. The lowest BCUT2D eigenvalue weighted by atomic mass is 10.1. The van der Waals surface area contributed by atoms with E-state index in [-0.39, 0.29) is 12.6 Å². The SMILES string of the molecule is OCC(Nc1ccccn1)c1ccc(Cl)cc1. The summed E-state index contributed by atoms with van der Waals surface area (Å²) < 4.78 is 0. The summed E-state index contributed by atoms with van der Waals surface area (Å²) in [7, 11) is 0. The largest absolute Gasteiger partial charge is 0.394 e. The third-order valence-corrected chi connectivity index (χ3v) is 2.69. The summed E-state index contributed by atoms with van der Waals surface area (Å²) in [5.41, 5.74) is 0.975. The number of aliphatic hydroxyl groups excluding tert-OH is 1. The van der Waals surface area contributed by atoms with Gasteiger partial charge in [0, 0.05) is 11.2 Å². The van der Waals surface area contributed by atoms with E-state index in [4.69, 9.17) is 11.6 Å². The minimum atomic E-state index is -0.179. The Morgan fingerprint density at radius 2 is 1.94 bits per heavy atom. The first-order valence-corrected chi connectivity index (χ1v) is 5.71. The summed E-state index contributed by atoms with van der Waals surface area (Å²) in [6, 6.07) is 12.8. The predicted molar refractivity (Wildman–Crippen MR) is 69.1 cm³/mol. The molecule has 0 aliphatic carbocycles. The molecular weight excluding hydrogens is 236 g/mol. The molecule has 0 aliphatic rings. The molecule has 88 valence electrons. The number of aliphatic hydroxyl groups is 1. The van der Waals surface area contributed by atoms with Gasteiger partial charge in [0.2, 0.25) is 0 Å². The van der Waals surface area contributed by atoms with E-state index < -0.39 is 0 Å². The maximum Gasteiger partial charge on any atom is 0.126 e. The van der Waals surface area contributed by atoms with Gasteiger partial charge in [-0.25, -0.2) is 4.98 Å². The van der Waals surface area contributed by atoms with E-state index in [1.807, 2.05) is 30.3 Å². The lowest BCUT2D eigenvalue weighted by molar-refractivity contribution is 0.276. The third kappa shape index (κ3) is 3.19. The quantitative estimate of drug-likeness (QED) is 0.875. The molecule has 0 bridgehead atoms. The van der Waals surface area contributed by atoms with Crippen molar-refractivity contribution in [1.82, 2.24) is 4.98 Å². The lowest BCUT2D eigenvalue weighted by Gasteiger charge is -2.17. The number of nitrogens with one attached hydrogen (secondary N) is 1. The molecule has 0 fully saturated rings. The van der Waals surface area contributed by atoms with Crippen LogP contribution in [0.2, 0.25) is 5.02 Å². The third-order valence-electron chi connectivity index (χ3n) is 2.44. The Bertz CT molecular complexity index is 459. The standard InChI is InChI=1S/C13H13ClN2O/c14-11-6-4-10(5-7-11)12(9-17)16-13-3-1-2-8-15-13/h1-8,12,17H,9H2,(H,15,16). The van der Waals surface area contributed by atoms with Gasteiger partial charge >= 0.3 is 0 Å². The molecule has 0 radical (unpaired) electrons. The molecule has 17 heavy (non-hydrogen) atoms. The highest BCUT2D eigenvalue weighted by Crippen LogP contribution is 2.19. The summed E-state index contributed by atoms with van der Waals surface area (Å²) in [5.74, 6) is 0.738. The van der Waals surface area contributed by atoms with Gasteiger partial charge in [-0.1, -0.05) is 29.8 Å². The second-order valence-corrected chi connectivity index (χ2v) is 4.08. The van der Waals surface area contributed by atoms with Gasteiger partial charge < -0.3 is 10.4 Å². The lowest BCUT2D eigenvalue weighted by Crippen LogP contribution is -2.15. The molecule has 0 spiro atoms. The van der Waals surface area contributed by atoms with Crippen molar-refractivity contribution in [1.29, 1.82) is 0 Å². The number of anilines is 1. The maximum atomic E-state index is 9.39. The molecule has 1 aromatic carbocycles.